The van der Waals surface area contributed by atoms with Crippen LogP contribution < -0.4 is 5.32 Å². The normalized spacial score (nSPS) is 25.8. The third kappa shape index (κ3) is 5.34. The average Bonchev–Trinajstić information content (AvgIpc) is 2.09. The Bertz CT molecular complexity index is 225. The molecule has 0 aromatic heterocycles. The Kier molecular flexibility index (Phi) is 4.95. The van der Waals surface area contributed by atoms with E-state index in [0.717, 1.165) is 12.8 Å². The third-order valence-corrected chi connectivity index (χ3v) is 2.98. The molecule has 1 unspecified atom stereocenters. The van der Waals surface area contributed by atoms with E-state index in [1.54, 1.807) is 0 Å². The van der Waals surface area contributed by atoms with E-state index in [-0.39, 0.29) is 30.1 Å². The summed E-state index contributed by atoms with van der Waals surface area (Å²) in [7, 11) is 0. The van der Waals surface area contributed by atoms with E-state index in [9.17, 15) is 0 Å². The van der Waals surface area contributed by atoms with Gasteiger partial charge in [-0.05, 0) is 47.5 Å². The summed E-state index contributed by atoms with van der Waals surface area (Å²) in [4.78, 5) is 0. The van der Waals surface area contributed by atoms with E-state index in [2.05, 4.69) is 33.0 Å². The minimum atomic E-state index is -0.253. The number of nitrogens with one attached hydrogen (secondary N) is 1. The first-order valence-corrected chi connectivity index (χ1v) is 6.41. The molecule has 1 fully saturated rings. The van der Waals surface area contributed by atoms with Crippen LogP contribution in [0.15, 0.2) is 0 Å². The van der Waals surface area contributed by atoms with E-state index < -0.39 is 0 Å². The molecular weight excluding hydrogens is 218 g/mol. The highest BCUT2D eigenvalue weighted by atomic mass is 16.7. The molecule has 1 atom stereocenters. The van der Waals surface area contributed by atoms with Gasteiger partial charge in [0.15, 0.2) is 6.29 Å². The van der Waals surface area contributed by atoms with Crippen molar-refractivity contribution in [2.75, 3.05) is 13.2 Å². The summed E-state index contributed by atoms with van der Waals surface area (Å²) in [5, 5.41) is 12.3. The lowest BCUT2D eigenvalue weighted by Crippen LogP contribution is -2.59. The first kappa shape index (κ1) is 14.9. The molecule has 0 radical (unpaired) electrons. The topological polar surface area (TPSA) is 50.7 Å². The lowest BCUT2D eigenvalue weighted by Gasteiger charge is -2.46. The molecule has 102 valence electrons. The van der Waals surface area contributed by atoms with Crippen molar-refractivity contribution in [3.05, 3.63) is 0 Å². The fourth-order valence-corrected chi connectivity index (χ4v) is 2.85. The lowest BCUT2D eigenvalue weighted by atomic mass is 9.81. The number of aliphatic hydroxyl groups excluding tert-OH is 1. The van der Waals surface area contributed by atoms with Crippen LogP contribution in [0.5, 0.6) is 0 Å². The maximum Gasteiger partial charge on any atom is 0.155 e. The summed E-state index contributed by atoms with van der Waals surface area (Å²) < 4.78 is 11.2. The SMILES string of the molecule is CC(OCCO)OC1CC(C)(C)NC(C)(C)C1. The molecule has 1 rings (SSSR count). The Morgan fingerprint density at radius 3 is 2.24 bits per heavy atom. The van der Waals surface area contributed by atoms with Crippen LogP contribution in [0, 0.1) is 0 Å². The van der Waals surface area contributed by atoms with Gasteiger partial charge in [-0.15, -0.1) is 0 Å². The zero-order valence-corrected chi connectivity index (χ0v) is 11.7. The fourth-order valence-electron chi connectivity index (χ4n) is 2.85. The molecule has 1 heterocycles. The van der Waals surface area contributed by atoms with Crippen molar-refractivity contribution in [3.8, 4) is 0 Å². The van der Waals surface area contributed by atoms with Crippen LogP contribution in [-0.2, 0) is 9.47 Å². The average molecular weight is 245 g/mol. The fraction of sp³-hybridized carbons (Fsp3) is 1.00. The quantitative estimate of drug-likeness (QED) is 0.723. The van der Waals surface area contributed by atoms with Crippen LogP contribution in [-0.4, -0.2) is 41.8 Å². The Balaban J connectivity index is 2.47. The second-order valence-electron chi connectivity index (χ2n) is 6.22. The lowest BCUT2D eigenvalue weighted by molar-refractivity contribution is -0.180. The van der Waals surface area contributed by atoms with Crippen molar-refractivity contribution >= 4 is 0 Å². The van der Waals surface area contributed by atoms with Gasteiger partial charge in [-0.3, -0.25) is 0 Å². The number of piperidine rings is 1. The molecule has 0 spiro atoms. The molecule has 4 heteroatoms. The van der Waals surface area contributed by atoms with Gasteiger partial charge in [0.1, 0.15) is 0 Å². The molecule has 1 saturated heterocycles. The molecular formula is C13H27NO3. The van der Waals surface area contributed by atoms with Gasteiger partial charge >= 0.3 is 0 Å². The second kappa shape index (κ2) is 5.65. The first-order valence-electron chi connectivity index (χ1n) is 6.41. The second-order valence-corrected chi connectivity index (χ2v) is 6.22. The number of aliphatic hydroxyl groups is 1. The molecule has 0 aromatic rings. The minimum absolute atomic E-state index is 0.0386. The van der Waals surface area contributed by atoms with Gasteiger partial charge in [-0.2, -0.15) is 0 Å². The van der Waals surface area contributed by atoms with E-state index in [1.165, 1.54) is 0 Å². The van der Waals surface area contributed by atoms with E-state index in [1.807, 2.05) is 6.92 Å². The number of hydrogen-bond acceptors (Lipinski definition) is 4. The molecule has 0 saturated carbocycles. The summed E-state index contributed by atoms with van der Waals surface area (Å²) in [6, 6.07) is 0. The smallest absolute Gasteiger partial charge is 0.155 e. The van der Waals surface area contributed by atoms with Gasteiger partial charge in [0.05, 0.1) is 19.3 Å². The molecule has 0 amide bonds. The Morgan fingerprint density at radius 2 is 1.76 bits per heavy atom. The monoisotopic (exact) mass is 245 g/mol. The molecule has 4 nitrogen and oxygen atoms in total. The summed E-state index contributed by atoms with van der Waals surface area (Å²) >= 11 is 0. The largest absolute Gasteiger partial charge is 0.394 e. The van der Waals surface area contributed by atoms with Crippen LogP contribution in [0.3, 0.4) is 0 Å². The van der Waals surface area contributed by atoms with Crippen molar-refractivity contribution in [1.82, 2.24) is 5.32 Å². The van der Waals surface area contributed by atoms with E-state index in [0.29, 0.717) is 6.61 Å². The zero-order valence-electron chi connectivity index (χ0n) is 11.7. The summed E-state index contributed by atoms with van der Waals surface area (Å²) in [6.45, 7) is 11.0. The van der Waals surface area contributed by atoms with Crippen LogP contribution in [0.2, 0.25) is 0 Å². The summed E-state index contributed by atoms with van der Waals surface area (Å²) in [6.07, 6.45) is 1.90. The Labute approximate surface area is 105 Å². The van der Waals surface area contributed by atoms with Gasteiger partial charge in [-0.1, -0.05) is 0 Å². The molecule has 1 aliphatic rings. The maximum atomic E-state index is 8.70. The van der Waals surface area contributed by atoms with E-state index >= 15 is 0 Å². The highest BCUT2D eigenvalue weighted by molar-refractivity contribution is 4.97. The molecule has 17 heavy (non-hydrogen) atoms. The predicted octanol–water partition coefficient (Wildman–Crippen LogP) is 1.67. The standard InChI is InChI=1S/C13H27NO3/c1-10(16-7-6-15)17-11-8-12(2,3)14-13(4,5)9-11/h10-11,14-15H,6-9H2,1-5H3. The van der Waals surface area contributed by atoms with Crippen LogP contribution in [0.1, 0.15) is 47.5 Å². The van der Waals surface area contributed by atoms with Gasteiger partial charge in [0.2, 0.25) is 0 Å². The predicted molar refractivity (Wildman–Crippen MR) is 67.9 cm³/mol. The first-order chi connectivity index (χ1) is 7.74. The van der Waals surface area contributed by atoms with Gasteiger partial charge in [-0.25, -0.2) is 0 Å². The van der Waals surface area contributed by atoms with E-state index in [4.69, 9.17) is 14.6 Å². The van der Waals surface area contributed by atoms with Crippen LogP contribution in [0.4, 0.5) is 0 Å². The number of rotatable bonds is 5. The van der Waals surface area contributed by atoms with Crippen molar-refractivity contribution in [2.45, 2.75) is 70.9 Å². The minimum Gasteiger partial charge on any atom is -0.394 e. The Morgan fingerprint density at radius 1 is 1.24 bits per heavy atom. The third-order valence-electron chi connectivity index (χ3n) is 2.98. The maximum absolute atomic E-state index is 8.70. The van der Waals surface area contributed by atoms with Gasteiger partial charge in [0.25, 0.3) is 0 Å². The van der Waals surface area contributed by atoms with Crippen LogP contribution in [0.25, 0.3) is 0 Å². The molecule has 0 aliphatic carbocycles. The molecule has 0 aromatic carbocycles. The van der Waals surface area contributed by atoms with Gasteiger partial charge in [0, 0.05) is 11.1 Å². The summed E-state index contributed by atoms with van der Waals surface area (Å²) in [5.41, 5.74) is 0.173. The molecule has 2 N–H and O–H groups in total. The molecule has 0 bridgehead atoms. The highest BCUT2D eigenvalue weighted by Crippen LogP contribution is 2.30. The molecule has 1 aliphatic heterocycles. The Hall–Kier alpha value is -0.160. The zero-order chi connectivity index (χ0) is 13.1. The number of ether oxygens (including phenoxy) is 2. The van der Waals surface area contributed by atoms with Crippen molar-refractivity contribution in [1.29, 1.82) is 0 Å². The van der Waals surface area contributed by atoms with Crippen LogP contribution >= 0.6 is 0 Å². The van der Waals surface area contributed by atoms with Gasteiger partial charge < -0.3 is 19.9 Å². The summed E-state index contributed by atoms with van der Waals surface area (Å²) in [5.74, 6) is 0. The highest BCUT2D eigenvalue weighted by Gasteiger charge is 2.38. The van der Waals surface area contributed by atoms with Crippen molar-refractivity contribution in [2.24, 2.45) is 0 Å². The van der Waals surface area contributed by atoms with Crippen molar-refractivity contribution in [3.63, 3.8) is 0 Å². The van der Waals surface area contributed by atoms with Crippen molar-refractivity contribution < 1.29 is 14.6 Å². The number of hydrogen-bond donors (Lipinski definition) is 2.